The van der Waals surface area contributed by atoms with Gasteiger partial charge in [-0.3, -0.25) is 9.78 Å². The summed E-state index contributed by atoms with van der Waals surface area (Å²) < 4.78 is 23.5. The van der Waals surface area contributed by atoms with Gasteiger partial charge in [0, 0.05) is 24.2 Å². The molecule has 0 aliphatic carbocycles. The quantitative estimate of drug-likeness (QED) is 0.778. The topological polar surface area (TPSA) is 67.3 Å². The summed E-state index contributed by atoms with van der Waals surface area (Å²) in [5.41, 5.74) is 1.67. The lowest BCUT2D eigenvalue weighted by Gasteiger charge is -2.27. The third kappa shape index (κ3) is 3.48. The van der Waals surface area contributed by atoms with E-state index in [1.54, 1.807) is 17.2 Å². The number of benzene rings is 1. The van der Waals surface area contributed by atoms with E-state index in [1.807, 2.05) is 30.3 Å². The van der Waals surface area contributed by atoms with Crippen LogP contribution in [0.5, 0.6) is 0 Å². The van der Waals surface area contributed by atoms with E-state index < -0.39 is 9.84 Å². The maximum absolute atomic E-state index is 12.8. The number of para-hydroxylation sites is 1. The fourth-order valence-corrected chi connectivity index (χ4v) is 4.92. The predicted molar refractivity (Wildman–Crippen MR) is 94.4 cm³/mol. The van der Waals surface area contributed by atoms with Gasteiger partial charge in [0.1, 0.15) is 0 Å². The zero-order valence-corrected chi connectivity index (χ0v) is 14.2. The average Bonchev–Trinajstić information content (AvgIpc) is 2.92. The number of fused-ring (bicyclic) bond motifs is 1. The van der Waals surface area contributed by atoms with Gasteiger partial charge in [-0.2, -0.15) is 0 Å². The van der Waals surface area contributed by atoms with Crippen LogP contribution in [0.4, 0.5) is 0 Å². The van der Waals surface area contributed by atoms with Crippen molar-refractivity contribution in [3.63, 3.8) is 0 Å². The van der Waals surface area contributed by atoms with Crippen LogP contribution in [0.3, 0.4) is 0 Å². The highest BCUT2D eigenvalue weighted by molar-refractivity contribution is 7.91. The monoisotopic (exact) mass is 344 g/mol. The van der Waals surface area contributed by atoms with E-state index in [0.29, 0.717) is 13.0 Å². The van der Waals surface area contributed by atoms with Crippen LogP contribution < -0.4 is 0 Å². The molecule has 1 atom stereocenters. The van der Waals surface area contributed by atoms with Crippen LogP contribution in [0, 0.1) is 0 Å². The molecule has 0 N–H and O–H groups in total. The van der Waals surface area contributed by atoms with Crippen molar-refractivity contribution in [3.05, 3.63) is 54.7 Å². The van der Waals surface area contributed by atoms with Crippen LogP contribution in [0.1, 0.15) is 12.0 Å². The standard InChI is InChI=1S/C18H20N2O3S/c1-2-10-20(16-8-11-24(22,23)13-16)17(21)12-15-6-3-5-14-7-4-9-19-18(14)15/h2-7,9,16H,1,8,10-13H2/t16-/m0/s1. The molecule has 0 spiro atoms. The molecule has 1 aromatic heterocycles. The predicted octanol–water partition coefficient (Wildman–Crippen LogP) is 1.98. The van der Waals surface area contributed by atoms with Crippen molar-refractivity contribution in [2.45, 2.75) is 18.9 Å². The van der Waals surface area contributed by atoms with E-state index in [4.69, 9.17) is 0 Å². The van der Waals surface area contributed by atoms with Gasteiger partial charge in [-0.15, -0.1) is 6.58 Å². The zero-order valence-electron chi connectivity index (χ0n) is 13.4. The van der Waals surface area contributed by atoms with Crippen molar-refractivity contribution in [2.24, 2.45) is 0 Å². The average molecular weight is 344 g/mol. The van der Waals surface area contributed by atoms with E-state index >= 15 is 0 Å². The van der Waals surface area contributed by atoms with E-state index in [0.717, 1.165) is 16.5 Å². The molecular weight excluding hydrogens is 324 g/mol. The highest BCUT2D eigenvalue weighted by atomic mass is 32.2. The number of hydrogen-bond donors (Lipinski definition) is 0. The number of hydrogen-bond acceptors (Lipinski definition) is 4. The Hall–Kier alpha value is -2.21. The molecular formula is C18H20N2O3S. The molecule has 2 heterocycles. The van der Waals surface area contributed by atoms with Crippen molar-refractivity contribution < 1.29 is 13.2 Å². The molecule has 24 heavy (non-hydrogen) atoms. The molecule has 1 aliphatic rings. The van der Waals surface area contributed by atoms with Crippen LogP contribution in [0.2, 0.25) is 0 Å². The second-order valence-corrected chi connectivity index (χ2v) is 8.29. The Morgan fingerprint density at radius 2 is 2.12 bits per heavy atom. The largest absolute Gasteiger partial charge is 0.335 e. The number of amides is 1. The van der Waals surface area contributed by atoms with Crippen LogP contribution in [0.25, 0.3) is 10.9 Å². The highest BCUT2D eigenvalue weighted by Crippen LogP contribution is 2.21. The molecule has 2 aromatic rings. The minimum absolute atomic E-state index is 0.0420. The molecule has 0 unspecified atom stereocenters. The third-order valence-corrected chi connectivity index (χ3v) is 6.10. The summed E-state index contributed by atoms with van der Waals surface area (Å²) in [6, 6.07) is 9.32. The lowest BCUT2D eigenvalue weighted by Crippen LogP contribution is -2.42. The Balaban J connectivity index is 1.84. The molecule has 0 radical (unpaired) electrons. The zero-order chi connectivity index (χ0) is 17.2. The van der Waals surface area contributed by atoms with E-state index in [1.165, 1.54) is 0 Å². The maximum Gasteiger partial charge on any atom is 0.227 e. The molecule has 1 saturated heterocycles. The first-order chi connectivity index (χ1) is 11.5. The highest BCUT2D eigenvalue weighted by Gasteiger charge is 2.34. The van der Waals surface area contributed by atoms with Gasteiger partial charge < -0.3 is 4.90 Å². The summed E-state index contributed by atoms with van der Waals surface area (Å²) in [7, 11) is -3.04. The summed E-state index contributed by atoms with van der Waals surface area (Å²) in [6.07, 6.45) is 4.06. The van der Waals surface area contributed by atoms with Crippen LogP contribution in [-0.4, -0.2) is 48.3 Å². The lowest BCUT2D eigenvalue weighted by atomic mass is 10.1. The van der Waals surface area contributed by atoms with Crippen molar-refractivity contribution in [1.29, 1.82) is 0 Å². The fourth-order valence-electron chi connectivity index (χ4n) is 3.19. The molecule has 1 amide bonds. The number of carbonyl (C=O) groups is 1. The summed E-state index contributed by atoms with van der Waals surface area (Å²) in [6.45, 7) is 4.05. The minimum Gasteiger partial charge on any atom is -0.335 e. The molecule has 126 valence electrons. The van der Waals surface area contributed by atoms with E-state index in [2.05, 4.69) is 11.6 Å². The third-order valence-electron chi connectivity index (χ3n) is 4.35. The smallest absolute Gasteiger partial charge is 0.227 e. The van der Waals surface area contributed by atoms with Gasteiger partial charge in [0.2, 0.25) is 5.91 Å². The van der Waals surface area contributed by atoms with Gasteiger partial charge in [-0.05, 0) is 18.1 Å². The second kappa shape index (κ2) is 6.73. The Labute approximate surface area is 141 Å². The SMILES string of the molecule is C=CCN(C(=O)Cc1cccc2cccnc12)[C@H]1CCS(=O)(=O)C1. The van der Waals surface area contributed by atoms with Gasteiger partial charge in [-0.1, -0.05) is 30.3 Å². The van der Waals surface area contributed by atoms with Gasteiger partial charge in [0.15, 0.2) is 9.84 Å². The van der Waals surface area contributed by atoms with Crippen molar-refractivity contribution >= 4 is 26.6 Å². The van der Waals surface area contributed by atoms with Gasteiger partial charge in [0.05, 0.1) is 23.4 Å². The first kappa shape index (κ1) is 16.6. The van der Waals surface area contributed by atoms with Gasteiger partial charge in [0.25, 0.3) is 0 Å². The molecule has 5 nitrogen and oxygen atoms in total. The normalized spacial score (nSPS) is 19.2. The molecule has 0 saturated carbocycles. The molecule has 1 fully saturated rings. The minimum atomic E-state index is -3.04. The fraction of sp³-hybridized carbons (Fsp3) is 0.333. The number of pyridine rings is 1. The maximum atomic E-state index is 12.8. The molecule has 1 aliphatic heterocycles. The first-order valence-corrected chi connectivity index (χ1v) is 9.76. The summed E-state index contributed by atoms with van der Waals surface area (Å²) in [5.74, 6) is 0.101. The molecule has 0 bridgehead atoms. The summed E-state index contributed by atoms with van der Waals surface area (Å²) >= 11 is 0. The Kier molecular flexibility index (Phi) is 4.66. The molecule has 1 aromatic carbocycles. The number of rotatable bonds is 5. The van der Waals surface area contributed by atoms with Gasteiger partial charge >= 0.3 is 0 Å². The molecule has 3 rings (SSSR count). The Morgan fingerprint density at radius 3 is 2.83 bits per heavy atom. The second-order valence-electron chi connectivity index (χ2n) is 6.06. The van der Waals surface area contributed by atoms with Crippen molar-refractivity contribution in [2.75, 3.05) is 18.1 Å². The number of nitrogens with zero attached hydrogens (tertiary/aromatic N) is 2. The van der Waals surface area contributed by atoms with Crippen molar-refractivity contribution in [3.8, 4) is 0 Å². The van der Waals surface area contributed by atoms with E-state index in [-0.39, 0.29) is 29.9 Å². The summed E-state index contributed by atoms with van der Waals surface area (Å²) in [5, 5.41) is 0.988. The van der Waals surface area contributed by atoms with Crippen LogP contribution in [-0.2, 0) is 21.1 Å². The van der Waals surface area contributed by atoms with Crippen LogP contribution >= 0.6 is 0 Å². The van der Waals surface area contributed by atoms with Gasteiger partial charge in [-0.25, -0.2) is 8.42 Å². The van der Waals surface area contributed by atoms with Crippen LogP contribution in [0.15, 0.2) is 49.2 Å². The number of sulfone groups is 1. The Morgan fingerprint density at radius 1 is 1.33 bits per heavy atom. The number of aromatic nitrogens is 1. The first-order valence-electron chi connectivity index (χ1n) is 7.93. The lowest BCUT2D eigenvalue weighted by molar-refractivity contribution is -0.131. The van der Waals surface area contributed by atoms with E-state index in [9.17, 15) is 13.2 Å². The Bertz CT molecular complexity index is 871. The summed E-state index contributed by atoms with van der Waals surface area (Å²) in [4.78, 5) is 18.8. The molecule has 6 heteroatoms. The number of carbonyl (C=O) groups excluding carboxylic acids is 1. The van der Waals surface area contributed by atoms with Crippen molar-refractivity contribution in [1.82, 2.24) is 9.88 Å².